The second kappa shape index (κ2) is 5.14. The molecule has 0 bridgehead atoms. The summed E-state index contributed by atoms with van der Waals surface area (Å²) in [5, 5.41) is 3.94. The summed E-state index contributed by atoms with van der Waals surface area (Å²) in [6, 6.07) is 4.51. The summed E-state index contributed by atoms with van der Waals surface area (Å²) in [6.07, 6.45) is 0.894. The lowest BCUT2D eigenvalue weighted by Crippen LogP contribution is -2.42. The fourth-order valence-electron chi connectivity index (χ4n) is 3.34. The zero-order valence-electron chi connectivity index (χ0n) is 11.0. The molecule has 2 aliphatic rings. The fourth-order valence-corrected chi connectivity index (χ4v) is 5.95. The van der Waals surface area contributed by atoms with Crippen molar-refractivity contribution in [1.29, 1.82) is 0 Å². The molecule has 3 unspecified atom stereocenters. The van der Waals surface area contributed by atoms with Gasteiger partial charge in [-0.1, -0.05) is 23.2 Å². The molecule has 7 heteroatoms. The average molecular weight is 335 g/mol. The quantitative estimate of drug-likeness (QED) is 0.903. The molecule has 3 atom stereocenters. The topological polar surface area (TPSA) is 49.4 Å². The fraction of sp³-hybridized carbons (Fsp3) is 0.538. The molecule has 2 heterocycles. The van der Waals surface area contributed by atoms with Crippen LogP contribution in [0.25, 0.3) is 0 Å². The molecule has 1 N–H and O–H groups in total. The van der Waals surface area contributed by atoms with E-state index >= 15 is 0 Å². The molecule has 20 heavy (non-hydrogen) atoms. The van der Waals surface area contributed by atoms with Crippen LogP contribution >= 0.6 is 23.2 Å². The summed E-state index contributed by atoms with van der Waals surface area (Å²) in [4.78, 5) is 0.175. The lowest BCUT2D eigenvalue weighted by atomic mass is 10.0. The first kappa shape index (κ1) is 14.6. The van der Waals surface area contributed by atoms with Crippen LogP contribution in [0.5, 0.6) is 0 Å². The van der Waals surface area contributed by atoms with Gasteiger partial charge in [-0.2, -0.15) is 4.31 Å². The van der Waals surface area contributed by atoms with Crippen molar-refractivity contribution < 1.29 is 8.42 Å². The van der Waals surface area contributed by atoms with Crippen molar-refractivity contribution in [1.82, 2.24) is 9.62 Å². The Morgan fingerprint density at radius 1 is 1.20 bits per heavy atom. The SMILES string of the molecule is CC1CC2CNCC2N1S(=O)(=O)c1cc(Cl)cc(Cl)c1. The molecule has 0 amide bonds. The summed E-state index contributed by atoms with van der Waals surface area (Å²) in [7, 11) is -3.56. The highest BCUT2D eigenvalue weighted by molar-refractivity contribution is 7.89. The number of halogens is 2. The first-order valence-electron chi connectivity index (χ1n) is 6.60. The van der Waals surface area contributed by atoms with E-state index in [-0.39, 0.29) is 17.0 Å². The first-order valence-corrected chi connectivity index (χ1v) is 8.79. The minimum atomic E-state index is -3.56. The number of hydrogen-bond acceptors (Lipinski definition) is 3. The van der Waals surface area contributed by atoms with Gasteiger partial charge in [-0.3, -0.25) is 0 Å². The van der Waals surface area contributed by atoms with Gasteiger partial charge >= 0.3 is 0 Å². The maximum absolute atomic E-state index is 12.9. The molecular weight excluding hydrogens is 319 g/mol. The van der Waals surface area contributed by atoms with E-state index in [0.29, 0.717) is 22.5 Å². The van der Waals surface area contributed by atoms with Gasteiger partial charge in [-0.25, -0.2) is 8.42 Å². The maximum atomic E-state index is 12.9. The number of nitrogens with one attached hydrogen (secondary N) is 1. The Morgan fingerprint density at radius 2 is 1.85 bits per heavy atom. The van der Waals surface area contributed by atoms with Crippen molar-refractivity contribution in [3.05, 3.63) is 28.2 Å². The molecule has 1 aromatic rings. The van der Waals surface area contributed by atoms with Gasteiger partial charge in [0.15, 0.2) is 0 Å². The van der Waals surface area contributed by atoms with E-state index in [1.54, 1.807) is 4.31 Å². The lowest BCUT2D eigenvalue weighted by molar-refractivity contribution is 0.336. The standard InChI is InChI=1S/C13H16Cl2N2O2S/c1-8-2-9-6-16-7-13(9)17(8)20(18,19)12-4-10(14)3-11(15)5-12/h3-5,8-9,13,16H,2,6-7H2,1H3. The summed E-state index contributed by atoms with van der Waals surface area (Å²) in [6.45, 7) is 3.56. The Hall–Kier alpha value is -0.330. The monoisotopic (exact) mass is 334 g/mol. The van der Waals surface area contributed by atoms with Gasteiger partial charge in [-0.05, 0) is 44.0 Å². The number of benzene rings is 1. The Morgan fingerprint density at radius 3 is 2.50 bits per heavy atom. The van der Waals surface area contributed by atoms with Crippen LogP contribution in [0.1, 0.15) is 13.3 Å². The second-order valence-corrected chi connectivity index (χ2v) is 8.23. The van der Waals surface area contributed by atoms with Crippen molar-refractivity contribution in [2.45, 2.75) is 30.3 Å². The smallest absolute Gasteiger partial charge is 0.243 e. The van der Waals surface area contributed by atoms with Crippen molar-refractivity contribution in [2.75, 3.05) is 13.1 Å². The molecule has 0 saturated carbocycles. The molecule has 0 aliphatic carbocycles. The minimum absolute atomic E-state index is 0.00913. The third-order valence-corrected chi connectivity index (χ3v) is 6.57. The molecule has 2 saturated heterocycles. The van der Waals surface area contributed by atoms with E-state index in [1.807, 2.05) is 6.92 Å². The average Bonchev–Trinajstić information content (AvgIpc) is 2.86. The van der Waals surface area contributed by atoms with E-state index in [2.05, 4.69) is 5.32 Å². The number of sulfonamides is 1. The van der Waals surface area contributed by atoms with E-state index < -0.39 is 10.0 Å². The zero-order chi connectivity index (χ0) is 14.5. The highest BCUT2D eigenvalue weighted by Gasteiger charge is 2.47. The van der Waals surface area contributed by atoms with E-state index in [1.165, 1.54) is 18.2 Å². The summed E-state index contributed by atoms with van der Waals surface area (Å²) in [5.41, 5.74) is 0. The minimum Gasteiger partial charge on any atom is -0.315 e. The van der Waals surface area contributed by atoms with Crippen LogP contribution in [-0.4, -0.2) is 37.9 Å². The highest BCUT2D eigenvalue weighted by atomic mass is 35.5. The van der Waals surface area contributed by atoms with E-state index in [0.717, 1.165) is 13.0 Å². The number of rotatable bonds is 2. The van der Waals surface area contributed by atoms with Gasteiger partial charge in [0.05, 0.1) is 4.90 Å². The maximum Gasteiger partial charge on any atom is 0.243 e. The van der Waals surface area contributed by atoms with Gasteiger partial charge in [0, 0.05) is 28.7 Å². The Bertz CT molecular complexity index is 615. The molecule has 2 fully saturated rings. The van der Waals surface area contributed by atoms with Gasteiger partial charge in [-0.15, -0.1) is 0 Å². The summed E-state index contributed by atoms with van der Waals surface area (Å²) >= 11 is 11.9. The molecule has 0 radical (unpaired) electrons. The molecule has 3 rings (SSSR count). The van der Waals surface area contributed by atoms with Gasteiger partial charge in [0.25, 0.3) is 0 Å². The van der Waals surface area contributed by atoms with Crippen LogP contribution in [-0.2, 0) is 10.0 Å². The van der Waals surface area contributed by atoms with Crippen molar-refractivity contribution in [3.63, 3.8) is 0 Å². The Kier molecular flexibility index (Phi) is 3.75. The Labute approximate surface area is 129 Å². The van der Waals surface area contributed by atoms with Crippen LogP contribution in [0.2, 0.25) is 10.0 Å². The largest absolute Gasteiger partial charge is 0.315 e. The summed E-state index contributed by atoms with van der Waals surface area (Å²) < 4.78 is 27.4. The van der Waals surface area contributed by atoms with E-state index in [9.17, 15) is 8.42 Å². The molecule has 2 aliphatic heterocycles. The van der Waals surface area contributed by atoms with Gasteiger partial charge in [0.2, 0.25) is 10.0 Å². The third kappa shape index (κ3) is 2.35. The van der Waals surface area contributed by atoms with E-state index in [4.69, 9.17) is 23.2 Å². The van der Waals surface area contributed by atoms with Crippen molar-refractivity contribution in [3.8, 4) is 0 Å². The predicted octanol–water partition coefficient (Wildman–Crippen LogP) is 2.36. The Balaban J connectivity index is 2.03. The number of fused-ring (bicyclic) bond motifs is 1. The van der Waals surface area contributed by atoms with Gasteiger partial charge < -0.3 is 5.32 Å². The van der Waals surface area contributed by atoms with Crippen LogP contribution < -0.4 is 5.32 Å². The number of nitrogens with zero attached hydrogens (tertiary/aromatic N) is 1. The molecule has 0 aromatic heterocycles. The molecule has 4 nitrogen and oxygen atoms in total. The van der Waals surface area contributed by atoms with Gasteiger partial charge in [0.1, 0.15) is 0 Å². The first-order chi connectivity index (χ1) is 9.39. The van der Waals surface area contributed by atoms with Crippen LogP contribution in [0.3, 0.4) is 0 Å². The molecule has 110 valence electrons. The normalized spacial score (nSPS) is 30.6. The zero-order valence-corrected chi connectivity index (χ0v) is 13.3. The van der Waals surface area contributed by atoms with Crippen molar-refractivity contribution >= 4 is 33.2 Å². The highest BCUT2D eigenvalue weighted by Crippen LogP contribution is 2.37. The summed E-state index contributed by atoms with van der Waals surface area (Å²) in [5.74, 6) is 0.398. The van der Waals surface area contributed by atoms with Crippen LogP contribution in [0.15, 0.2) is 23.1 Å². The second-order valence-electron chi connectivity index (χ2n) is 5.51. The third-order valence-electron chi connectivity index (χ3n) is 4.12. The molecule has 0 spiro atoms. The van der Waals surface area contributed by atoms with Crippen LogP contribution in [0.4, 0.5) is 0 Å². The molecular formula is C13H16Cl2N2O2S. The van der Waals surface area contributed by atoms with Crippen molar-refractivity contribution in [2.24, 2.45) is 5.92 Å². The predicted molar refractivity (Wildman–Crippen MR) is 79.7 cm³/mol. The number of hydrogen-bond donors (Lipinski definition) is 1. The molecule has 1 aromatic carbocycles. The van der Waals surface area contributed by atoms with Crippen LogP contribution in [0, 0.1) is 5.92 Å². The lowest BCUT2D eigenvalue weighted by Gasteiger charge is -2.26.